The number of methoxy groups -OCH3 is 1. The van der Waals surface area contributed by atoms with E-state index in [1.165, 1.54) is 12.1 Å². The van der Waals surface area contributed by atoms with Crippen LogP contribution in [-0.4, -0.2) is 7.11 Å². The summed E-state index contributed by atoms with van der Waals surface area (Å²) >= 11 is 1.55. The summed E-state index contributed by atoms with van der Waals surface area (Å²) in [6.45, 7) is 1.86. The fourth-order valence-electron chi connectivity index (χ4n) is 1.96. The van der Waals surface area contributed by atoms with E-state index in [0.717, 1.165) is 21.8 Å². The summed E-state index contributed by atoms with van der Waals surface area (Å²) in [5, 5.41) is 1.94. The molecule has 3 nitrogen and oxygen atoms in total. The van der Waals surface area contributed by atoms with Crippen molar-refractivity contribution in [3.63, 3.8) is 0 Å². The Hall–Kier alpha value is -1.43. The molecule has 0 saturated carbocycles. The summed E-state index contributed by atoms with van der Waals surface area (Å²) in [6.07, 6.45) is 0. The van der Waals surface area contributed by atoms with Gasteiger partial charge in [0.1, 0.15) is 11.6 Å². The van der Waals surface area contributed by atoms with Crippen LogP contribution in [0.2, 0.25) is 0 Å². The Morgan fingerprint density at radius 3 is 2.78 bits per heavy atom. The van der Waals surface area contributed by atoms with Crippen LogP contribution in [0.3, 0.4) is 0 Å². The van der Waals surface area contributed by atoms with Crippen LogP contribution < -0.4 is 16.0 Å². The van der Waals surface area contributed by atoms with E-state index in [1.54, 1.807) is 24.5 Å². The minimum absolute atomic E-state index is 0.194. The molecule has 0 saturated heterocycles. The Balaban J connectivity index is 2.45. The van der Waals surface area contributed by atoms with Gasteiger partial charge >= 0.3 is 0 Å². The van der Waals surface area contributed by atoms with Crippen LogP contribution in [0.15, 0.2) is 29.6 Å². The first-order chi connectivity index (χ1) is 8.67. The van der Waals surface area contributed by atoms with Crippen molar-refractivity contribution in [1.82, 2.24) is 5.43 Å². The number of rotatable bonds is 4. The fourth-order valence-corrected chi connectivity index (χ4v) is 2.89. The molecule has 0 spiro atoms. The molecule has 0 bridgehead atoms. The molecule has 1 aromatic heterocycles. The Morgan fingerprint density at radius 1 is 1.39 bits per heavy atom. The first kappa shape index (κ1) is 13.0. The monoisotopic (exact) mass is 266 g/mol. The van der Waals surface area contributed by atoms with E-state index < -0.39 is 0 Å². The lowest BCUT2D eigenvalue weighted by Crippen LogP contribution is -2.29. The zero-order valence-electron chi connectivity index (χ0n) is 10.2. The van der Waals surface area contributed by atoms with Crippen LogP contribution in [0.4, 0.5) is 4.39 Å². The summed E-state index contributed by atoms with van der Waals surface area (Å²) in [7, 11) is 1.62. The standard InChI is InChI=1S/C13H15FN2OS/c1-8-7-9(14)3-4-10(8)12(16-15)13-11(17-2)5-6-18-13/h3-7,12,16H,15H2,1-2H3. The Bertz CT molecular complexity index is 542. The quantitative estimate of drug-likeness (QED) is 0.661. The molecule has 1 atom stereocenters. The Kier molecular flexibility index (Phi) is 3.96. The highest BCUT2D eigenvalue weighted by atomic mass is 32.1. The SMILES string of the molecule is COc1ccsc1C(NN)c1ccc(F)cc1C. The average Bonchev–Trinajstić information content (AvgIpc) is 2.81. The number of benzene rings is 1. The number of hydrogen-bond donors (Lipinski definition) is 2. The number of ether oxygens (including phenoxy) is 1. The summed E-state index contributed by atoms with van der Waals surface area (Å²) in [5.74, 6) is 6.17. The van der Waals surface area contributed by atoms with Gasteiger partial charge in [-0.15, -0.1) is 11.3 Å². The minimum atomic E-state index is -0.245. The van der Waals surface area contributed by atoms with Crippen molar-refractivity contribution >= 4 is 11.3 Å². The van der Waals surface area contributed by atoms with Crippen molar-refractivity contribution in [3.8, 4) is 5.75 Å². The van der Waals surface area contributed by atoms with Gasteiger partial charge in [0, 0.05) is 0 Å². The summed E-state index contributed by atoms with van der Waals surface area (Å²) < 4.78 is 18.4. The maximum Gasteiger partial charge on any atom is 0.134 e. The molecule has 1 aromatic carbocycles. The van der Waals surface area contributed by atoms with Crippen LogP contribution in [0.5, 0.6) is 5.75 Å². The zero-order chi connectivity index (χ0) is 13.1. The van der Waals surface area contributed by atoms with E-state index in [0.29, 0.717) is 0 Å². The topological polar surface area (TPSA) is 47.3 Å². The van der Waals surface area contributed by atoms with Crippen LogP contribution >= 0.6 is 11.3 Å². The molecule has 2 rings (SSSR count). The van der Waals surface area contributed by atoms with Gasteiger partial charge < -0.3 is 4.74 Å². The Labute approximate surface area is 109 Å². The molecule has 0 aliphatic heterocycles. The third-order valence-corrected chi connectivity index (χ3v) is 3.81. The second-order valence-electron chi connectivity index (χ2n) is 3.95. The summed E-state index contributed by atoms with van der Waals surface area (Å²) in [6, 6.07) is 6.38. The maximum atomic E-state index is 13.1. The molecular formula is C13H15FN2OS. The Morgan fingerprint density at radius 2 is 2.17 bits per heavy atom. The molecule has 1 heterocycles. The van der Waals surface area contributed by atoms with Crippen molar-refractivity contribution in [3.05, 3.63) is 51.5 Å². The molecule has 96 valence electrons. The minimum Gasteiger partial charge on any atom is -0.496 e. The first-order valence-electron chi connectivity index (χ1n) is 5.51. The smallest absolute Gasteiger partial charge is 0.134 e. The number of hydrazine groups is 1. The largest absolute Gasteiger partial charge is 0.496 e. The van der Waals surface area contributed by atoms with Gasteiger partial charge in [-0.25, -0.2) is 9.82 Å². The molecule has 0 amide bonds. The van der Waals surface area contributed by atoms with Crippen molar-refractivity contribution < 1.29 is 9.13 Å². The predicted molar refractivity (Wildman–Crippen MR) is 71.2 cm³/mol. The predicted octanol–water partition coefficient (Wildman–Crippen LogP) is 2.76. The van der Waals surface area contributed by atoms with Crippen LogP contribution in [0.1, 0.15) is 22.0 Å². The molecule has 0 radical (unpaired) electrons. The maximum absolute atomic E-state index is 13.1. The van der Waals surface area contributed by atoms with E-state index in [4.69, 9.17) is 10.6 Å². The van der Waals surface area contributed by atoms with Gasteiger partial charge in [0.25, 0.3) is 0 Å². The van der Waals surface area contributed by atoms with E-state index in [1.807, 2.05) is 18.4 Å². The second kappa shape index (κ2) is 5.48. The molecule has 0 fully saturated rings. The second-order valence-corrected chi connectivity index (χ2v) is 4.90. The van der Waals surface area contributed by atoms with Gasteiger partial charge in [-0.2, -0.15) is 0 Å². The van der Waals surface area contributed by atoms with Gasteiger partial charge in [-0.05, 0) is 41.6 Å². The first-order valence-corrected chi connectivity index (χ1v) is 6.39. The van der Waals surface area contributed by atoms with Gasteiger partial charge in [0.05, 0.1) is 18.0 Å². The molecule has 18 heavy (non-hydrogen) atoms. The van der Waals surface area contributed by atoms with Crippen LogP contribution in [0.25, 0.3) is 0 Å². The normalized spacial score (nSPS) is 12.4. The molecule has 0 aliphatic carbocycles. The average molecular weight is 266 g/mol. The zero-order valence-corrected chi connectivity index (χ0v) is 11.1. The number of halogens is 1. The van der Waals surface area contributed by atoms with Crippen molar-refractivity contribution in [2.24, 2.45) is 5.84 Å². The lowest BCUT2D eigenvalue weighted by atomic mass is 10.00. The molecule has 3 N–H and O–H groups in total. The van der Waals surface area contributed by atoms with Crippen molar-refractivity contribution in [2.75, 3.05) is 7.11 Å². The third kappa shape index (κ3) is 2.38. The highest BCUT2D eigenvalue weighted by Gasteiger charge is 2.20. The van der Waals surface area contributed by atoms with E-state index in [2.05, 4.69) is 5.43 Å². The van der Waals surface area contributed by atoms with Crippen molar-refractivity contribution in [1.29, 1.82) is 0 Å². The summed E-state index contributed by atoms with van der Waals surface area (Å²) in [4.78, 5) is 0.981. The molecule has 0 aliphatic rings. The molecular weight excluding hydrogens is 251 g/mol. The number of nitrogens with two attached hydrogens (primary N) is 1. The molecule has 5 heteroatoms. The van der Waals surface area contributed by atoms with Crippen molar-refractivity contribution in [2.45, 2.75) is 13.0 Å². The van der Waals surface area contributed by atoms with Gasteiger partial charge in [-0.3, -0.25) is 5.84 Å². The van der Waals surface area contributed by atoms with E-state index >= 15 is 0 Å². The van der Waals surface area contributed by atoms with E-state index in [9.17, 15) is 4.39 Å². The number of nitrogens with one attached hydrogen (secondary N) is 1. The van der Waals surface area contributed by atoms with Gasteiger partial charge in [0.15, 0.2) is 0 Å². The van der Waals surface area contributed by atoms with Crippen LogP contribution in [0, 0.1) is 12.7 Å². The van der Waals surface area contributed by atoms with E-state index in [-0.39, 0.29) is 11.9 Å². The highest BCUT2D eigenvalue weighted by Crippen LogP contribution is 2.35. The number of hydrogen-bond acceptors (Lipinski definition) is 4. The fraction of sp³-hybridized carbons (Fsp3) is 0.231. The number of aryl methyl sites for hydroxylation is 1. The molecule has 1 unspecified atom stereocenters. The molecule has 2 aromatic rings. The number of thiophene rings is 1. The van der Waals surface area contributed by atoms with Gasteiger partial charge in [0.2, 0.25) is 0 Å². The van der Waals surface area contributed by atoms with Gasteiger partial charge in [-0.1, -0.05) is 6.07 Å². The third-order valence-electron chi connectivity index (χ3n) is 2.85. The lowest BCUT2D eigenvalue weighted by Gasteiger charge is -2.18. The lowest BCUT2D eigenvalue weighted by molar-refractivity contribution is 0.407. The van der Waals surface area contributed by atoms with Crippen LogP contribution in [-0.2, 0) is 0 Å². The summed E-state index contributed by atoms with van der Waals surface area (Å²) in [5.41, 5.74) is 4.56. The highest BCUT2D eigenvalue weighted by molar-refractivity contribution is 7.10.